The van der Waals surface area contributed by atoms with Gasteiger partial charge in [-0.05, 0) is 48.0 Å². The van der Waals surface area contributed by atoms with E-state index in [1.165, 1.54) is 7.11 Å². The highest BCUT2D eigenvalue weighted by atomic mass is 79.9. The molecule has 0 heterocycles. The average Bonchev–Trinajstić information content (AvgIpc) is 2.40. The Kier molecular flexibility index (Phi) is 6.78. The van der Waals surface area contributed by atoms with Gasteiger partial charge in [-0.25, -0.2) is 8.42 Å². The molecule has 0 saturated heterocycles. The Hall–Kier alpha value is -0.790. The summed E-state index contributed by atoms with van der Waals surface area (Å²) in [5.41, 5.74) is 0.493. The third-order valence-electron chi connectivity index (χ3n) is 2.80. The zero-order valence-electron chi connectivity index (χ0n) is 11.9. The van der Waals surface area contributed by atoms with Crippen LogP contribution in [0.2, 0.25) is 0 Å². The van der Waals surface area contributed by atoms with E-state index in [4.69, 9.17) is 4.74 Å². The standard InChI is InChI=1S/C13H21BrN2O3S/c1-4-7-15-9-10(2)20(17,18)16-11-5-6-12(14)13(8-11)19-3/h5-6,8,10,15-16H,4,7,9H2,1-3H3. The van der Waals surface area contributed by atoms with Gasteiger partial charge in [-0.15, -0.1) is 0 Å². The van der Waals surface area contributed by atoms with Crippen LogP contribution in [-0.2, 0) is 10.0 Å². The molecule has 1 aromatic rings. The molecule has 0 aliphatic carbocycles. The Bertz CT molecular complexity index is 534. The maximum atomic E-state index is 12.2. The molecular formula is C13H21BrN2O3S. The molecule has 0 aliphatic rings. The van der Waals surface area contributed by atoms with E-state index >= 15 is 0 Å². The van der Waals surface area contributed by atoms with Gasteiger partial charge in [-0.2, -0.15) is 0 Å². The Morgan fingerprint density at radius 2 is 2.10 bits per heavy atom. The molecule has 0 amide bonds. The number of ether oxygens (including phenoxy) is 1. The molecule has 0 aliphatic heterocycles. The summed E-state index contributed by atoms with van der Waals surface area (Å²) < 4.78 is 32.9. The van der Waals surface area contributed by atoms with Crippen molar-refractivity contribution in [2.24, 2.45) is 0 Å². The third-order valence-corrected chi connectivity index (χ3v) is 5.20. The van der Waals surface area contributed by atoms with Crippen molar-refractivity contribution in [2.45, 2.75) is 25.5 Å². The molecule has 0 radical (unpaired) electrons. The summed E-state index contributed by atoms with van der Waals surface area (Å²) in [6.45, 7) is 4.96. The summed E-state index contributed by atoms with van der Waals surface area (Å²) in [6, 6.07) is 5.08. The predicted octanol–water partition coefficient (Wildman–Crippen LogP) is 2.59. The lowest BCUT2D eigenvalue weighted by Gasteiger charge is -2.16. The van der Waals surface area contributed by atoms with Gasteiger partial charge in [-0.3, -0.25) is 4.72 Å². The summed E-state index contributed by atoms with van der Waals surface area (Å²) in [4.78, 5) is 0. The first-order valence-corrected chi connectivity index (χ1v) is 8.80. The fraction of sp³-hybridized carbons (Fsp3) is 0.538. The highest BCUT2D eigenvalue weighted by molar-refractivity contribution is 9.10. The van der Waals surface area contributed by atoms with Gasteiger partial charge in [0.25, 0.3) is 0 Å². The monoisotopic (exact) mass is 364 g/mol. The first kappa shape index (κ1) is 17.3. The number of hydrogen-bond donors (Lipinski definition) is 2. The smallest absolute Gasteiger partial charge is 0.236 e. The second kappa shape index (κ2) is 7.85. The van der Waals surface area contributed by atoms with E-state index in [9.17, 15) is 8.42 Å². The number of nitrogens with one attached hydrogen (secondary N) is 2. The highest BCUT2D eigenvalue weighted by Gasteiger charge is 2.20. The zero-order valence-corrected chi connectivity index (χ0v) is 14.3. The second-order valence-corrected chi connectivity index (χ2v) is 7.46. The zero-order chi connectivity index (χ0) is 15.2. The van der Waals surface area contributed by atoms with Gasteiger partial charge in [0.2, 0.25) is 10.0 Å². The number of methoxy groups -OCH3 is 1. The lowest BCUT2D eigenvalue weighted by atomic mass is 10.3. The van der Waals surface area contributed by atoms with E-state index in [1.54, 1.807) is 25.1 Å². The normalized spacial score (nSPS) is 13.0. The van der Waals surface area contributed by atoms with Gasteiger partial charge in [0.15, 0.2) is 0 Å². The van der Waals surface area contributed by atoms with Crippen LogP contribution in [0.15, 0.2) is 22.7 Å². The van der Waals surface area contributed by atoms with Crippen LogP contribution in [0.3, 0.4) is 0 Å². The van der Waals surface area contributed by atoms with Crippen LogP contribution in [0.25, 0.3) is 0 Å². The van der Waals surface area contributed by atoms with E-state index in [0.717, 1.165) is 17.4 Å². The van der Waals surface area contributed by atoms with Crippen LogP contribution >= 0.6 is 15.9 Å². The molecule has 0 spiro atoms. The minimum Gasteiger partial charge on any atom is -0.495 e. The molecule has 5 nitrogen and oxygen atoms in total. The molecule has 1 atom stereocenters. The van der Waals surface area contributed by atoms with Gasteiger partial charge in [0.05, 0.1) is 22.5 Å². The van der Waals surface area contributed by atoms with E-state index in [2.05, 4.69) is 26.0 Å². The molecule has 0 saturated carbocycles. The van der Waals surface area contributed by atoms with E-state index in [-0.39, 0.29) is 0 Å². The van der Waals surface area contributed by atoms with Crippen molar-refractivity contribution < 1.29 is 13.2 Å². The van der Waals surface area contributed by atoms with E-state index in [0.29, 0.717) is 18.0 Å². The topological polar surface area (TPSA) is 67.4 Å². The van der Waals surface area contributed by atoms with Gasteiger partial charge < -0.3 is 10.1 Å². The molecule has 1 unspecified atom stereocenters. The van der Waals surface area contributed by atoms with Crippen LogP contribution in [0, 0.1) is 0 Å². The molecule has 0 aromatic heterocycles. The number of benzene rings is 1. The quantitative estimate of drug-likeness (QED) is 0.695. The largest absolute Gasteiger partial charge is 0.495 e. The Labute approximate surface area is 129 Å². The summed E-state index contributed by atoms with van der Waals surface area (Å²) >= 11 is 3.33. The lowest BCUT2D eigenvalue weighted by molar-refractivity contribution is 0.412. The second-order valence-electron chi connectivity index (χ2n) is 4.51. The minimum absolute atomic E-state index is 0.427. The average molecular weight is 365 g/mol. The molecule has 1 aromatic carbocycles. The molecule has 114 valence electrons. The van der Waals surface area contributed by atoms with Gasteiger partial charge >= 0.3 is 0 Å². The van der Waals surface area contributed by atoms with Crippen molar-refractivity contribution in [3.8, 4) is 5.75 Å². The molecule has 0 bridgehead atoms. The SMILES string of the molecule is CCCNCC(C)S(=O)(=O)Nc1ccc(Br)c(OC)c1. The van der Waals surface area contributed by atoms with Crippen molar-refractivity contribution in [3.05, 3.63) is 22.7 Å². The lowest BCUT2D eigenvalue weighted by Crippen LogP contribution is -2.35. The maximum Gasteiger partial charge on any atom is 0.236 e. The first-order chi connectivity index (χ1) is 9.40. The fourth-order valence-electron chi connectivity index (χ4n) is 1.58. The van der Waals surface area contributed by atoms with Gasteiger partial charge in [0.1, 0.15) is 5.75 Å². The van der Waals surface area contributed by atoms with Gasteiger partial charge in [-0.1, -0.05) is 6.92 Å². The predicted molar refractivity (Wildman–Crippen MR) is 85.9 cm³/mol. The number of hydrogen-bond acceptors (Lipinski definition) is 4. The molecule has 20 heavy (non-hydrogen) atoms. The number of rotatable bonds is 8. The molecule has 0 fully saturated rings. The van der Waals surface area contributed by atoms with E-state index in [1.807, 2.05) is 6.92 Å². The van der Waals surface area contributed by atoms with Crippen LogP contribution < -0.4 is 14.8 Å². The summed E-state index contributed by atoms with van der Waals surface area (Å²) in [5, 5.41) is 2.60. The Morgan fingerprint density at radius 3 is 2.70 bits per heavy atom. The van der Waals surface area contributed by atoms with Crippen LogP contribution in [0.1, 0.15) is 20.3 Å². The van der Waals surface area contributed by atoms with Crippen molar-refractivity contribution >= 4 is 31.6 Å². The van der Waals surface area contributed by atoms with Crippen LogP contribution in [-0.4, -0.2) is 33.9 Å². The fourth-order valence-corrected chi connectivity index (χ4v) is 2.98. The van der Waals surface area contributed by atoms with Crippen LogP contribution in [0.4, 0.5) is 5.69 Å². The minimum atomic E-state index is -3.41. The van der Waals surface area contributed by atoms with Crippen LogP contribution in [0.5, 0.6) is 5.75 Å². The van der Waals surface area contributed by atoms with Crippen molar-refractivity contribution in [1.82, 2.24) is 5.32 Å². The Morgan fingerprint density at radius 1 is 1.40 bits per heavy atom. The maximum absolute atomic E-state index is 12.2. The molecule has 2 N–H and O–H groups in total. The highest BCUT2D eigenvalue weighted by Crippen LogP contribution is 2.28. The molecular weight excluding hydrogens is 344 g/mol. The first-order valence-electron chi connectivity index (χ1n) is 6.46. The van der Waals surface area contributed by atoms with E-state index < -0.39 is 15.3 Å². The summed E-state index contributed by atoms with van der Waals surface area (Å²) in [5.74, 6) is 0.585. The number of sulfonamides is 1. The van der Waals surface area contributed by atoms with Gasteiger partial charge in [0, 0.05) is 12.6 Å². The number of anilines is 1. The Balaban J connectivity index is 2.75. The summed E-state index contributed by atoms with van der Waals surface area (Å²) in [6.07, 6.45) is 0.976. The summed E-state index contributed by atoms with van der Waals surface area (Å²) in [7, 11) is -1.88. The van der Waals surface area contributed by atoms with Crippen molar-refractivity contribution in [3.63, 3.8) is 0 Å². The van der Waals surface area contributed by atoms with Crippen molar-refractivity contribution in [1.29, 1.82) is 0 Å². The van der Waals surface area contributed by atoms with Crippen molar-refractivity contribution in [2.75, 3.05) is 24.9 Å². The number of halogens is 1. The molecule has 7 heteroatoms. The molecule has 1 rings (SSSR count). The third kappa shape index (κ3) is 4.96.